The van der Waals surface area contributed by atoms with Gasteiger partial charge in [0, 0.05) is 18.2 Å². The van der Waals surface area contributed by atoms with Gasteiger partial charge in [-0.1, -0.05) is 6.92 Å². The second-order valence-corrected chi connectivity index (χ2v) is 8.00. The van der Waals surface area contributed by atoms with Crippen molar-refractivity contribution in [3.63, 3.8) is 0 Å². The summed E-state index contributed by atoms with van der Waals surface area (Å²) in [6.45, 7) is 1.45. The fourth-order valence-corrected chi connectivity index (χ4v) is 3.91. The summed E-state index contributed by atoms with van der Waals surface area (Å²) in [6.07, 6.45) is -2.39. The van der Waals surface area contributed by atoms with Crippen molar-refractivity contribution < 1.29 is 27.1 Å². The standard InChI is InChI=1S/C24H18F4N6O2/c1-12(16-8-15(24(26,27)28)3-4-18(16)25)5-20(35)17-6-14(10-31-23(17)36-2)21-13(9-29)7-19-22(30)32-11-33-34(19)21/h3-4,6-8,10-12H,5H2,1-2H3,(H2,30,32,33)/t12-/m0/s1. The maximum Gasteiger partial charge on any atom is 0.416 e. The zero-order valence-corrected chi connectivity index (χ0v) is 19.0. The first-order chi connectivity index (χ1) is 17.0. The lowest BCUT2D eigenvalue weighted by Gasteiger charge is -2.16. The number of rotatable bonds is 6. The van der Waals surface area contributed by atoms with Gasteiger partial charge in [0.15, 0.2) is 11.6 Å². The molecule has 1 atom stereocenters. The van der Waals surface area contributed by atoms with Crippen LogP contribution >= 0.6 is 0 Å². The van der Waals surface area contributed by atoms with E-state index in [0.29, 0.717) is 28.9 Å². The minimum absolute atomic E-state index is 0.00935. The van der Waals surface area contributed by atoms with Crippen molar-refractivity contribution in [1.29, 1.82) is 5.26 Å². The summed E-state index contributed by atoms with van der Waals surface area (Å²) < 4.78 is 60.3. The van der Waals surface area contributed by atoms with E-state index in [4.69, 9.17) is 10.5 Å². The summed E-state index contributed by atoms with van der Waals surface area (Å²) in [6, 6.07) is 7.06. The number of ketones is 1. The van der Waals surface area contributed by atoms with Crippen LogP contribution in [0.5, 0.6) is 5.88 Å². The van der Waals surface area contributed by atoms with Gasteiger partial charge in [-0.05, 0) is 41.8 Å². The number of fused-ring (bicyclic) bond motifs is 1. The van der Waals surface area contributed by atoms with Crippen LogP contribution in [-0.4, -0.2) is 32.5 Å². The maximum absolute atomic E-state index is 14.3. The van der Waals surface area contributed by atoms with Crippen molar-refractivity contribution in [3.05, 3.63) is 70.9 Å². The molecule has 4 aromatic rings. The molecule has 0 amide bonds. The number of Topliss-reactive ketones (excluding diaryl/α,β-unsaturated/α-hetero) is 1. The number of benzene rings is 1. The highest BCUT2D eigenvalue weighted by Gasteiger charge is 2.32. The molecular weight excluding hydrogens is 480 g/mol. The van der Waals surface area contributed by atoms with Crippen LogP contribution in [-0.2, 0) is 6.18 Å². The minimum atomic E-state index is -4.65. The Hall–Kier alpha value is -4.53. The second-order valence-electron chi connectivity index (χ2n) is 8.00. The van der Waals surface area contributed by atoms with Crippen LogP contribution < -0.4 is 10.5 Å². The summed E-state index contributed by atoms with van der Waals surface area (Å²) in [5, 5.41) is 13.7. The highest BCUT2D eigenvalue weighted by molar-refractivity contribution is 5.99. The van der Waals surface area contributed by atoms with E-state index in [1.807, 2.05) is 6.07 Å². The average Bonchev–Trinajstić information content (AvgIpc) is 3.23. The quantitative estimate of drug-likeness (QED) is 0.300. The van der Waals surface area contributed by atoms with Crippen LogP contribution in [0.3, 0.4) is 0 Å². The van der Waals surface area contributed by atoms with Crippen molar-refractivity contribution in [3.8, 4) is 23.2 Å². The number of halogens is 4. The van der Waals surface area contributed by atoms with Crippen molar-refractivity contribution in [2.45, 2.75) is 25.4 Å². The summed E-state index contributed by atoms with van der Waals surface area (Å²) in [5.74, 6) is -2.17. The van der Waals surface area contributed by atoms with E-state index < -0.39 is 29.3 Å². The van der Waals surface area contributed by atoms with E-state index in [1.54, 1.807) is 0 Å². The molecule has 4 rings (SSSR count). The van der Waals surface area contributed by atoms with Gasteiger partial charge < -0.3 is 10.5 Å². The third-order valence-corrected chi connectivity index (χ3v) is 5.69. The van der Waals surface area contributed by atoms with Crippen LogP contribution in [0.4, 0.5) is 23.4 Å². The molecule has 36 heavy (non-hydrogen) atoms. The molecule has 0 fully saturated rings. The predicted molar refractivity (Wildman–Crippen MR) is 121 cm³/mol. The number of nitriles is 1. The first kappa shape index (κ1) is 24.6. The molecular formula is C24H18F4N6O2. The molecule has 12 heteroatoms. The molecule has 0 aliphatic rings. The Labute approximate surface area is 202 Å². The molecule has 3 heterocycles. The van der Waals surface area contributed by atoms with Gasteiger partial charge in [0.2, 0.25) is 5.88 Å². The number of aromatic nitrogens is 4. The van der Waals surface area contributed by atoms with E-state index in [0.717, 1.165) is 6.07 Å². The molecule has 2 N–H and O–H groups in total. The van der Waals surface area contributed by atoms with Crippen LogP contribution in [0.2, 0.25) is 0 Å². The monoisotopic (exact) mass is 498 g/mol. The largest absolute Gasteiger partial charge is 0.480 e. The van der Waals surface area contributed by atoms with Gasteiger partial charge >= 0.3 is 6.18 Å². The molecule has 0 aliphatic carbocycles. The summed E-state index contributed by atoms with van der Waals surface area (Å²) in [5.41, 5.74) is 5.87. The first-order valence-corrected chi connectivity index (χ1v) is 10.5. The van der Waals surface area contributed by atoms with E-state index in [2.05, 4.69) is 15.1 Å². The number of hydrogen-bond donors (Lipinski definition) is 1. The zero-order valence-electron chi connectivity index (χ0n) is 19.0. The summed E-state index contributed by atoms with van der Waals surface area (Å²) in [7, 11) is 1.30. The number of pyridine rings is 1. The van der Waals surface area contributed by atoms with Gasteiger partial charge in [0.1, 0.15) is 23.7 Å². The van der Waals surface area contributed by atoms with Gasteiger partial charge in [0.25, 0.3) is 0 Å². The molecule has 0 radical (unpaired) electrons. The molecule has 3 aromatic heterocycles. The number of anilines is 1. The highest BCUT2D eigenvalue weighted by Crippen LogP contribution is 2.35. The smallest absolute Gasteiger partial charge is 0.416 e. The van der Waals surface area contributed by atoms with Gasteiger partial charge in [0.05, 0.1) is 29.5 Å². The third-order valence-electron chi connectivity index (χ3n) is 5.69. The average molecular weight is 498 g/mol. The van der Waals surface area contributed by atoms with E-state index in [9.17, 15) is 27.6 Å². The zero-order chi connectivity index (χ0) is 26.2. The lowest BCUT2D eigenvalue weighted by atomic mass is 9.91. The summed E-state index contributed by atoms with van der Waals surface area (Å²) >= 11 is 0. The Morgan fingerprint density at radius 3 is 2.67 bits per heavy atom. The van der Waals surface area contributed by atoms with E-state index >= 15 is 0 Å². The van der Waals surface area contributed by atoms with Gasteiger partial charge in [-0.2, -0.15) is 23.5 Å². The molecule has 1 aromatic carbocycles. The van der Waals surface area contributed by atoms with Crippen molar-refractivity contribution in [2.24, 2.45) is 0 Å². The Morgan fingerprint density at radius 1 is 1.25 bits per heavy atom. The predicted octanol–water partition coefficient (Wildman–Crippen LogP) is 4.79. The normalized spacial score (nSPS) is 12.4. The van der Waals surface area contributed by atoms with Gasteiger partial charge in [-0.15, -0.1) is 0 Å². The second kappa shape index (κ2) is 9.26. The Kier molecular flexibility index (Phi) is 6.32. The third kappa shape index (κ3) is 4.43. The first-order valence-electron chi connectivity index (χ1n) is 10.5. The maximum atomic E-state index is 14.3. The van der Waals surface area contributed by atoms with Crippen molar-refractivity contribution in [1.82, 2.24) is 19.6 Å². The van der Waals surface area contributed by atoms with Gasteiger partial charge in [-0.25, -0.2) is 18.9 Å². The van der Waals surface area contributed by atoms with Gasteiger partial charge in [-0.3, -0.25) is 4.79 Å². The van der Waals surface area contributed by atoms with Crippen molar-refractivity contribution in [2.75, 3.05) is 12.8 Å². The Morgan fingerprint density at radius 2 is 2.00 bits per heavy atom. The number of nitrogens with two attached hydrogens (primary N) is 1. The van der Waals surface area contributed by atoms with E-state index in [-0.39, 0.29) is 34.8 Å². The number of nitrogen functional groups attached to an aromatic ring is 1. The van der Waals surface area contributed by atoms with Crippen LogP contribution in [0, 0.1) is 17.1 Å². The SMILES string of the molecule is COc1ncc(-c2c(C#N)cc3c(N)ncnn23)cc1C(=O)C[C@H](C)c1cc(C(F)(F)F)ccc1F. The molecule has 0 aliphatic heterocycles. The molecule has 8 nitrogen and oxygen atoms in total. The fraction of sp³-hybridized carbons (Fsp3) is 0.208. The molecule has 0 saturated carbocycles. The molecule has 0 bridgehead atoms. The van der Waals surface area contributed by atoms with Crippen LogP contribution in [0.25, 0.3) is 16.8 Å². The number of ether oxygens (including phenoxy) is 1. The van der Waals surface area contributed by atoms with Crippen LogP contribution in [0.1, 0.15) is 46.3 Å². The molecule has 0 spiro atoms. The molecule has 0 saturated heterocycles. The lowest BCUT2D eigenvalue weighted by Crippen LogP contribution is -2.11. The fourth-order valence-electron chi connectivity index (χ4n) is 3.91. The number of nitrogens with zero attached hydrogens (tertiary/aromatic N) is 5. The van der Waals surface area contributed by atoms with E-state index in [1.165, 1.54) is 43.2 Å². The lowest BCUT2D eigenvalue weighted by molar-refractivity contribution is -0.137. The number of hydrogen-bond acceptors (Lipinski definition) is 7. The number of carbonyl (C=O) groups excluding carboxylic acids is 1. The minimum Gasteiger partial charge on any atom is -0.480 e. The van der Waals surface area contributed by atoms with Crippen LogP contribution in [0.15, 0.2) is 42.9 Å². The summed E-state index contributed by atoms with van der Waals surface area (Å²) in [4.78, 5) is 21.3. The molecule has 0 unspecified atom stereocenters. The number of carbonyl (C=O) groups is 1. The molecule has 184 valence electrons. The Balaban J connectivity index is 1.74. The topological polar surface area (TPSA) is 119 Å². The highest BCUT2D eigenvalue weighted by atomic mass is 19.4. The van der Waals surface area contributed by atoms with Crippen molar-refractivity contribution >= 4 is 17.1 Å². The number of alkyl halides is 3. The Bertz CT molecular complexity index is 1520. The number of methoxy groups -OCH3 is 1.